The lowest BCUT2D eigenvalue weighted by atomic mass is 10.2. The molecule has 168 valence electrons. The minimum atomic E-state index is -4.93. The number of imide groups is 1. The van der Waals surface area contributed by atoms with Gasteiger partial charge in [0.15, 0.2) is 28.4 Å². The van der Waals surface area contributed by atoms with Gasteiger partial charge < -0.3 is 10.0 Å². The second kappa shape index (κ2) is 7.40. The predicted molar refractivity (Wildman–Crippen MR) is 100.0 cm³/mol. The fourth-order valence-corrected chi connectivity index (χ4v) is 4.33. The number of benzene rings is 1. The maximum absolute atomic E-state index is 14.1. The number of nitrogens with zero attached hydrogens (tertiary/aromatic N) is 4. The number of carbonyl (C=O) groups is 2. The van der Waals surface area contributed by atoms with Crippen molar-refractivity contribution in [1.29, 1.82) is 0 Å². The molecule has 1 aliphatic heterocycles. The van der Waals surface area contributed by atoms with Gasteiger partial charge in [-0.05, 0) is 31.9 Å². The first-order valence-electron chi connectivity index (χ1n) is 9.15. The molecule has 1 N–H and O–H groups in total. The lowest BCUT2D eigenvalue weighted by Crippen LogP contribution is -2.48. The van der Waals surface area contributed by atoms with Gasteiger partial charge in [0.2, 0.25) is 0 Å². The van der Waals surface area contributed by atoms with E-state index < -0.39 is 47.1 Å². The Morgan fingerprint density at radius 3 is 2.53 bits per heavy atom. The Morgan fingerprint density at radius 2 is 1.94 bits per heavy atom. The average Bonchev–Trinajstić information content (AvgIpc) is 3.36. The summed E-state index contributed by atoms with van der Waals surface area (Å²) in [5.74, 6) is -0.610. The van der Waals surface area contributed by atoms with Crippen molar-refractivity contribution in [3.8, 4) is 28.2 Å². The molecule has 0 bridgehead atoms. The summed E-state index contributed by atoms with van der Waals surface area (Å²) in [4.78, 5) is 26.7. The third-order valence-electron chi connectivity index (χ3n) is 5.20. The zero-order chi connectivity index (χ0) is 23.4. The van der Waals surface area contributed by atoms with Crippen LogP contribution in [0, 0.1) is 23.5 Å². The van der Waals surface area contributed by atoms with Crippen LogP contribution < -0.4 is 0 Å². The number of phenolic OH excluding ortho intramolecular Hbond substituents is 1. The summed E-state index contributed by atoms with van der Waals surface area (Å²) < 4.78 is 67.8. The van der Waals surface area contributed by atoms with E-state index in [0.717, 1.165) is 28.4 Å². The average molecular weight is 472 g/mol. The standard InChI is InChI=1S/C19H13F5N4O3S/c1-2-3-11(19(22,23)24)28-16(30)18(6-7-18)27(17(28)31)8-12-25-26-15(32-12)9-4-5-10(20)14(29)13(9)21/h4-5,11,29H,6-8H2,1H3. The summed E-state index contributed by atoms with van der Waals surface area (Å²) in [5.41, 5.74) is -1.64. The molecule has 2 aromatic rings. The van der Waals surface area contributed by atoms with Crippen molar-refractivity contribution in [2.75, 3.05) is 0 Å². The lowest BCUT2D eigenvalue weighted by molar-refractivity contribution is -0.168. The monoisotopic (exact) mass is 472 g/mol. The third kappa shape index (κ3) is 3.35. The maximum Gasteiger partial charge on any atom is 0.420 e. The highest BCUT2D eigenvalue weighted by molar-refractivity contribution is 7.14. The number of aromatic hydroxyl groups is 1. The van der Waals surface area contributed by atoms with Crippen molar-refractivity contribution in [1.82, 2.24) is 20.0 Å². The number of amides is 3. The van der Waals surface area contributed by atoms with E-state index in [-0.39, 0.29) is 39.9 Å². The Hall–Kier alpha value is -3.27. The van der Waals surface area contributed by atoms with Gasteiger partial charge in [-0.3, -0.25) is 4.79 Å². The molecule has 4 rings (SSSR count). The van der Waals surface area contributed by atoms with Gasteiger partial charge in [-0.15, -0.1) is 16.1 Å². The fourth-order valence-electron chi connectivity index (χ4n) is 3.49. The van der Waals surface area contributed by atoms with E-state index in [2.05, 4.69) is 16.1 Å². The Balaban J connectivity index is 1.63. The number of alkyl halides is 3. The minimum Gasteiger partial charge on any atom is -0.503 e. The number of phenols is 1. The van der Waals surface area contributed by atoms with Crippen molar-refractivity contribution >= 4 is 23.3 Å². The number of urea groups is 1. The zero-order valence-corrected chi connectivity index (χ0v) is 17.0. The van der Waals surface area contributed by atoms with E-state index in [4.69, 9.17) is 0 Å². The topological polar surface area (TPSA) is 86.6 Å². The van der Waals surface area contributed by atoms with Gasteiger partial charge in [-0.2, -0.15) is 13.2 Å². The molecule has 2 heterocycles. The Bertz CT molecular complexity index is 1180. The van der Waals surface area contributed by atoms with E-state index in [0.29, 0.717) is 0 Å². The van der Waals surface area contributed by atoms with Crippen molar-refractivity contribution in [3.05, 3.63) is 28.8 Å². The summed E-state index contributed by atoms with van der Waals surface area (Å²) in [7, 11) is 0. The molecule has 32 heavy (non-hydrogen) atoms. The number of carbonyl (C=O) groups excluding carboxylic acids is 2. The Kier molecular flexibility index (Phi) is 5.08. The van der Waals surface area contributed by atoms with Gasteiger partial charge in [-0.1, -0.05) is 17.3 Å². The van der Waals surface area contributed by atoms with Crippen molar-refractivity contribution in [2.24, 2.45) is 0 Å². The molecule has 1 unspecified atom stereocenters. The van der Waals surface area contributed by atoms with Crippen LogP contribution in [0.5, 0.6) is 5.75 Å². The number of hydrogen-bond donors (Lipinski definition) is 1. The van der Waals surface area contributed by atoms with Crippen molar-refractivity contribution in [2.45, 2.75) is 44.1 Å². The quantitative estimate of drug-likeness (QED) is 0.419. The zero-order valence-electron chi connectivity index (χ0n) is 16.2. The normalized spacial score (nSPS) is 18.2. The van der Waals surface area contributed by atoms with Crippen LogP contribution in [-0.4, -0.2) is 54.8 Å². The summed E-state index contributed by atoms with van der Waals surface area (Å²) in [6.45, 7) is 0.835. The summed E-state index contributed by atoms with van der Waals surface area (Å²) in [5, 5.41) is 17.1. The van der Waals surface area contributed by atoms with Crippen LogP contribution in [0.1, 0.15) is 24.8 Å². The largest absolute Gasteiger partial charge is 0.503 e. The number of hydrogen-bond acceptors (Lipinski definition) is 6. The van der Waals surface area contributed by atoms with Crippen LogP contribution in [0.3, 0.4) is 0 Å². The third-order valence-corrected chi connectivity index (χ3v) is 6.14. The highest BCUT2D eigenvalue weighted by Gasteiger charge is 2.68. The first-order chi connectivity index (χ1) is 15.0. The van der Waals surface area contributed by atoms with Gasteiger partial charge in [0.25, 0.3) is 5.91 Å². The van der Waals surface area contributed by atoms with Crippen molar-refractivity contribution < 1.29 is 36.6 Å². The number of aromatic nitrogens is 2. The van der Waals surface area contributed by atoms with Crippen LogP contribution in [0.2, 0.25) is 0 Å². The smallest absolute Gasteiger partial charge is 0.420 e. The summed E-state index contributed by atoms with van der Waals surface area (Å²) in [6, 6.07) is -1.85. The molecule has 13 heteroatoms. The number of halogens is 5. The number of rotatable bonds is 4. The van der Waals surface area contributed by atoms with Crippen LogP contribution in [0.15, 0.2) is 12.1 Å². The summed E-state index contributed by atoms with van der Waals surface area (Å²) in [6.07, 6.45) is -4.56. The van der Waals surface area contributed by atoms with Crippen LogP contribution in [-0.2, 0) is 11.3 Å². The fraction of sp³-hybridized carbons (Fsp3) is 0.368. The van der Waals surface area contributed by atoms with E-state index in [1.807, 2.05) is 5.92 Å². The molecule has 1 atom stereocenters. The molecule has 1 aromatic carbocycles. The van der Waals surface area contributed by atoms with Gasteiger partial charge >= 0.3 is 12.2 Å². The highest BCUT2D eigenvalue weighted by atomic mass is 32.1. The molecule has 2 aliphatic rings. The van der Waals surface area contributed by atoms with Gasteiger partial charge in [0, 0.05) is 0 Å². The molecule has 0 radical (unpaired) electrons. The minimum absolute atomic E-state index is 0.0440. The molecule has 2 fully saturated rings. The van der Waals surface area contributed by atoms with E-state index >= 15 is 0 Å². The second-order valence-electron chi connectivity index (χ2n) is 7.17. The molecule has 1 saturated heterocycles. The van der Waals surface area contributed by atoms with E-state index in [1.54, 1.807) is 0 Å². The van der Waals surface area contributed by atoms with E-state index in [1.165, 1.54) is 6.92 Å². The van der Waals surface area contributed by atoms with Crippen LogP contribution >= 0.6 is 11.3 Å². The maximum atomic E-state index is 14.1. The predicted octanol–water partition coefficient (Wildman–Crippen LogP) is 3.44. The Labute approximate surface area is 181 Å². The van der Waals surface area contributed by atoms with Crippen LogP contribution in [0.25, 0.3) is 10.6 Å². The first-order valence-corrected chi connectivity index (χ1v) is 9.97. The molecule has 1 spiro atoms. The molecule has 1 aromatic heterocycles. The highest BCUT2D eigenvalue weighted by Crippen LogP contribution is 2.50. The molecular weight excluding hydrogens is 459 g/mol. The van der Waals surface area contributed by atoms with Crippen LogP contribution in [0.4, 0.5) is 26.7 Å². The molecule has 7 nitrogen and oxygen atoms in total. The van der Waals surface area contributed by atoms with Crippen molar-refractivity contribution in [3.63, 3.8) is 0 Å². The van der Waals surface area contributed by atoms with Gasteiger partial charge in [0.05, 0.1) is 12.1 Å². The Morgan fingerprint density at radius 1 is 1.25 bits per heavy atom. The molecule has 1 aliphatic carbocycles. The van der Waals surface area contributed by atoms with Gasteiger partial charge in [0.1, 0.15) is 10.5 Å². The SMILES string of the molecule is CC#CC(N1C(=O)N(Cc2nnc(-c3ccc(F)c(O)c3F)s2)C2(CC2)C1=O)C(F)(F)F. The lowest BCUT2D eigenvalue weighted by Gasteiger charge is -2.23. The molecule has 3 amide bonds. The first kappa shape index (κ1) is 21.9. The molecule has 1 saturated carbocycles. The second-order valence-corrected chi connectivity index (χ2v) is 8.23. The van der Waals surface area contributed by atoms with E-state index in [9.17, 15) is 36.6 Å². The molecular formula is C19H13F5N4O3S. The van der Waals surface area contributed by atoms with Gasteiger partial charge in [-0.25, -0.2) is 18.5 Å². The summed E-state index contributed by atoms with van der Waals surface area (Å²) >= 11 is 0.789.